The van der Waals surface area contributed by atoms with E-state index in [1.54, 1.807) is 10.9 Å². The molecule has 0 saturated heterocycles. The van der Waals surface area contributed by atoms with E-state index in [0.29, 0.717) is 22.7 Å². The second-order valence-electron chi connectivity index (χ2n) is 7.17. The lowest BCUT2D eigenvalue weighted by atomic mass is 10.2. The quantitative estimate of drug-likeness (QED) is 0.496. The number of pyridine rings is 1. The number of hydrogen-bond donors (Lipinski definition) is 1. The molecule has 0 spiro atoms. The molecule has 1 atom stereocenters. The van der Waals surface area contributed by atoms with Gasteiger partial charge < -0.3 is 10.1 Å². The zero-order valence-electron chi connectivity index (χ0n) is 16.5. The van der Waals surface area contributed by atoms with Gasteiger partial charge in [-0.2, -0.15) is 10.1 Å². The number of aryl methyl sites for hydroxylation is 2. The molecule has 1 aliphatic heterocycles. The largest absolute Gasteiger partial charge is 0.472 e. The van der Waals surface area contributed by atoms with Gasteiger partial charge in [0.25, 0.3) is 5.88 Å². The number of aromatic nitrogens is 7. The SMILES string of the molecule is Cc1ccc(-n2nc3c(c2C)Nc2ncc4c(Cl)nn(c4n2)C[C@H](F)CO3)c(C)n1. The van der Waals surface area contributed by atoms with Gasteiger partial charge in [0.05, 0.1) is 29.0 Å². The van der Waals surface area contributed by atoms with E-state index in [-0.39, 0.29) is 24.2 Å². The highest BCUT2D eigenvalue weighted by molar-refractivity contribution is 6.34. The molecule has 1 N–H and O–H groups in total. The fourth-order valence-electron chi connectivity index (χ4n) is 3.49. The Morgan fingerprint density at radius 3 is 2.83 bits per heavy atom. The van der Waals surface area contributed by atoms with Crippen molar-refractivity contribution in [3.05, 3.63) is 40.6 Å². The third-order valence-electron chi connectivity index (χ3n) is 4.96. The molecule has 5 rings (SSSR count). The van der Waals surface area contributed by atoms with Crippen molar-refractivity contribution in [3.63, 3.8) is 0 Å². The first kappa shape index (κ1) is 18.7. The van der Waals surface area contributed by atoms with E-state index in [0.717, 1.165) is 22.8 Å². The first-order valence-electron chi connectivity index (χ1n) is 9.38. The highest BCUT2D eigenvalue weighted by Gasteiger charge is 2.24. The average Bonchev–Trinajstić information content (AvgIpc) is 3.17. The Morgan fingerprint density at radius 1 is 1.20 bits per heavy atom. The van der Waals surface area contributed by atoms with Crippen LogP contribution in [0.15, 0.2) is 18.3 Å². The summed E-state index contributed by atoms with van der Waals surface area (Å²) in [7, 11) is 0. The predicted octanol–water partition coefficient (Wildman–Crippen LogP) is 3.46. The zero-order chi connectivity index (χ0) is 21.0. The van der Waals surface area contributed by atoms with Crippen molar-refractivity contribution in [1.29, 1.82) is 0 Å². The lowest BCUT2D eigenvalue weighted by molar-refractivity contribution is 0.171. The number of ether oxygens (including phenoxy) is 1. The Kier molecular flexibility index (Phi) is 4.31. The van der Waals surface area contributed by atoms with Crippen molar-refractivity contribution in [2.45, 2.75) is 33.5 Å². The number of halogens is 2. The third-order valence-corrected chi connectivity index (χ3v) is 5.24. The number of alkyl halides is 1. The fraction of sp³-hybridized carbons (Fsp3) is 0.316. The smallest absolute Gasteiger partial charge is 0.257 e. The van der Waals surface area contributed by atoms with Crippen molar-refractivity contribution in [1.82, 2.24) is 34.5 Å². The summed E-state index contributed by atoms with van der Waals surface area (Å²) in [5.41, 5.74) is 4.30. The average molecular weight is 429 g/mol. The van der Waals surface area contributed by atoms with Gasteiger partial charge in [0.1, 0.15) is 12.3 Å². The molecule has 0 radical (unpaired) electrons. The molecule has 0 saturated carbocycles. The summed E-state index contributed by atoms with van der Waals surface area (Å²) >= 11 is 6.15. The first-order valence-corrected chi connectivity index (χ1v) is 9.75. The van der Waals surface area contributed by atoms with E-state index in [9.17, 15) is 4.39 Å². The Hall–Kier alpha value is -3.27. The maximum atomic E-state index is 14.7. The van der Waals surface area contributed by atoms with Crippen LogP contribution in [0.1, 0.15) is 17.1 Å². The maximum Gasteiger partial charge on any atom is 0.257 e. The minimum Gasteiger partial charge on any atom is -0.472 e. The predicted molar refractivity (Wildman–Crippen MR) is 110 cm³/mol. The van der Waals surface area contributed by atoms with E-state index in [1.165, 1.54) is 4.68 Å². The van der Waals surface area contributed by atoms with Crippen LogP contribution in [-0.2, 0) is 6.54 Å². The van der Waals surface area contributed by atoms with Crippen LogP contribution in [-0.4, -0.2) is 47.3 Å². The number of nitrogens with one attached hydrogen (secondary N) is 1. The van der Waals surface area contributed by atoms with Crippen LogP contribution in [0, 0.1) is 20.8 Å². The minimum atomic E-state index is -1.33. The van der Waals surface area contributed by atoms with Crippen LogP contribution in [0.3, 0.4) is 0 Å². The molecule has 4 aromatic rings. The van der Waals surface area contributed by atoms with Gasteiger partial charge in [0.2, 0.25) is 5.95 Å². The maximum absolute atomic E-state index is 14.7. The van der Waals surface area contributed by atoms with Crippen molar-refractivity contribution in [2.24, 2.45) is 0 Å². The molecule has 154 valence electrons. The highest BCUT2D eigenvalue weighted by atomic mass is 35.5. The van der Waals surface area contributed by atoms with Crippen LogP contribution in [0.25, 0.3) is 16.7 Å². The van der Waals surface area contributed by atoms with Crippen molar-refractivity contribution in [3.8, 4) is 11.6 Å². The zero-order valence-corrected chi connectivity index (χ0v) is 17.3. The molecule has 5 heterocycles. The normalized spacial score (nSPS) is 16.1. The van der Waals surface area contributed by atoms with Crippen molar-refractivity contribution in [2.75, 3.05) is 11.9 Å². The first-order chi connectivity index (χ1) is 14.4. The summed E-state index contributed by atoms with van der Waals surface area (Å²) in [5.74, 6) is 0.570. The molecular weight excluding hydrogens is 411 g/mol. The van der Waals surface area contributed by atoms with Crippen LogP contribution >= 0.6 is 11.6 Å². The van der Waals surface area contributed by atoms with Gasteiger partial charge in [0.15, 0.2) is 17.0 Å². The molecule has 11 heteroatoms. The lowest BCUT2D eigenvalue weighted by Crippen LogP contribution is -2.20. The summed E-state index contributed by atoms with van der Waals surface area (Å²) in [6.07, 6.45) is 0.234. The molecule has 9 nitrogen and oxygen atoms in total. The molecule has 4 aromatic heterocycles. The second kappa shape index (κ2) is 6.91. The van der Waals surface area contributed by atoms with Gasteiger partial charge in [-0.25, -0.2) is 18.7 Å². The summed E-state index contributed by atoms with van der Waals surface area (Å²) in [6, 6.07) is 3.85. The molecule has 0 amide bonds. The van der Waals surface area contributed by atoms with Gasteiger partial charge in [-0.15, -0.1) is 5.10 Å². The van der Waals surface area contributed by atoms with Crippen molar-refractivity contribution < 1.29 is 9.13 Å². The number of anilines is 2. The monoisotopic (exact) mass is 428 g/mol. The van der Waals surface area contributed by atoms with E-state index < -0.39 is 6.17 Å². The van der Waals surface area contributed by atoms with Gasteiger partial charge >= 0.3 is 0 Å². The highest BCUT2D eigenvalue weighted by Crippen LogP contribution is 2.33. The topological polar surface area (TPSA) is 95.6 Å². The van der Waals surface area contributed by atoms with Crippen LogP contribution in [0.2, 0.25) is 5.15 Å². The number of hydrogen-bond acceptors (Lipinski definition) is 7. The molecule has 0 unspecified atom stereocenters. The Balaban J connectivity index is 1.66. The number of rotatable bonds is 1. The van der Waals surface area contributed by atoms with Crippen LogP contribution in [0.4, 0.5) is 16.0 Å². The van der Waals surface area contributed by atoms with Gasteiger partial charge in [-0.3, -0.25) is 4.98 Å². The fourth-order valence-corrected chi connectivity index (χ4v) is 3.71. The standard InChI is InChI=1S/C19H18ClFN8O/c1-9-4-5-14(10(2)23-9)29-11(3)15-18(27-29)30-8-12(21)7-28-17-13(16(20)26-28)6-22-19(24-15)25-17/h4-6,12H,7-8H2,1-3H3,(H,22,24,25)/t12-/m0/s1. The summed E-state index contributed by atoms with van der Waals surface area (Å²) in [5, 5.41) is 12.7. The van der Waals surface area contributed by atoms with E-state index in [1.807, 2.05) is 32.9 Å². The Labute approximate surface area is 175 Å². The summed E-state index contributed by atoms with van der Waals surface area (Å²) in [4.78, 5) is 13.3. The van der Waals surface area contributed by atoms with Crippen molar-refractivity contribution >= 4 is 34.3 Å². The van der Waals surface area contributed by atoms with E-state index in [2.05, 4.69) is 30.5 Å². The van der Waals surface area contributed by atoms with Gasteiger partial charge in [0, 0.05) is 11.9 Å². The second-order valence-corrected chi connectivity index (χ2v) is 7.53. The number of nitrogens with zero attached hydrogens (tertiary/aromatic N) is 7. The summed E-state index contributed by atoms with van der Waals surface area (Å²) in [6.45, 7) is 5.48. The molecule has 30 heavy (non-hydrogen) atoms. The molecule has 2 bridgehead atoms. The van der Waals surface area contributed by atoms with E-state index in [4.69, 9.17) is 16.3 Å². The van der Waals surface area contributed by atoms with Gasteiger partial charge in [-0.1, -0.05) is 11.6 Å². The lowest BCUT2D eigenvalue weighted by Gasteiger charge is -2.09. The molecule has 0 fully saturated rings. The minimum absolute atomic E-state index is 0.0459. The Bertz CT molecular complexity index is 1280. The molecule has 1 aliphatic rings. The third kappa shape index (κ3) is 3.04. The molecule has 0 aromatic carbocycles. The number of fused-ring (bicyclic) bond motifs is 2. The van der Waals surface area contributed by atoms with Crippen LogP contribution in [0.5, 0.6) is 5.88 Å². The molecular formula is C19H18ClFN8O. The van der Waals surface area contributed by atoms with Crippen LogP contribution < -0.4 is 10.1 Å². The van der Waals surface area contributed by atoms with Gasteiger partial charge in [-0.05, 0) is 32.9 Å². The van der Waals surface area contributed by atoms with E-state index >= 15 is 0 Å². The molecule has 0 aliphatic carbocycles. The summed E-state index contributed by atoms with van der Waals surface area (Å²) < 4.78 is 23.5. The Morgan fingerprint density at radius 2 is 2.03 bits per heavy atom.